The molecule has 1 nitrogen and oxygen atoms in total. The van der Waals surface area contributed by atoms with Crippen LogP contribution in [0, 0.1) is 0 Å². The highest BCUT2D eigenvalue weighted by molar-refractivity contribution is 7.19. The molecule has 34 heavy (non-hydrogen) atoms. The molecular formula is C32H38BN. The smallest absolute Gasteiger partial charge is 0.108 e. The van der Waals surface area contributed by atoms with E-state index in [9.17, 15) is 0 Å². The van der Waals surface area contributed by atoms with Gasteiger partial charge in [0, 0.05) is 0 Å². The van der Waals surface area contributed by atoms with E-state index in [0.717, 1.165) is 6.04 Å². The minimum absolute atomic E-state index is 0.971. The van der Waals surface area contributed by atoms with Crippen molar-refractivity contribution in [3.63, 3.8) is 0 Å². The molecule has 5 rings (SSSR count). The lowest BCUT2D eigenvalue weighted by molar-refractivity contribution is -0.887. The van der Waals surface area contributed by atoms with Crippen molar-refractivity contribution < 1.29 is 4.90 Å². The first kappa shape index (κ1) is 24.0. The third-order valence-electron chi connectivity index (χ3n) is 7.62. The first-order chi connectivity index (χ1) is 16.7. The van der Waals surface area contributed by atoms with Gasteiger partial charge in [-0.05, 0) is 25.7 Å². The summed E-state index contributed by atoms with van der Waals surface area (Å²) in [6, 6.07) is 44.5. The van der Waals surface area contributed by atoms with Crippen LogP contribution in [0.4, 0.5) is 0 Å². The van der Waals surface area contributed by atoms with Gasteiger partial charge in [0.1, 0.15) is 6.15 Å². The van der Waals surface area contributed by atoms with Crippen LogP contribution in [-0.4, -0.2) is 26.3 Å². The van der Waals surface area contributed by atoms with Gasteiger partial charge in [-0.3, -0.25) is 0 Å². The number of quaternary nitrogens is 1. The van der Waals surface area contributed by atoms with Crippen LogP contribution >= 0.6 is 0 Å². The van der Waals surface area contributed by atoms with E-state index in [1.807, 2.05) is 0 Å². The van der Waals surface area contributed by atoms with E-state index < -0.39 is 6.15 Å². The molecule has 0 bridgehead atoms. The van der Waals surface area contributed by atoms with Crippen LogP contribution in [0.5, 0.6) is 0 Å². The molecule has 0 aromatic heterocycles. The summed E-state index contributed by atoms with van der Waals surface area (Å²) >= 11 is 0. The van der Waals surface area contributed by atoms with Crippen LogP contribution in [0.1, 0.15) is 32.1 Å². The fourth-order valence-corrected chi connectivity index (χ4v) is 5.80. The van der Waals surface area contributed by atoms with Crippen LogP contribution < -0.4 is 26.8 Å². The van der Waals surface area contributed by atoms with Crippen molar-refractivity contribution in [2.75, 3.05) is 14.1 Å². The standard InChI is InChI=1S/C24H20B.C8H17N/c1-5-13-21(14-6-1)25(22-15-7-2-8-16-22,23-17-9-3-10-18-23)24-19-11-4-12-20-24;1-9(2)8-6-4-3-5-7-8/h1-20H;8H,3-7H2,1-2H3/q-1;/p+1. The topological polar surface area (TPSA) is 4.44 Å². The van der Waals surface area contributed by atoms with Crippen molar-refractivity contribution in [2.24, 2.45) is 0 Å². The van der Waals surface area contributed by atoms with Crippen molar-refractivity contribution >= 4 is 28.0 Å². The Balaban J connectivity index is 0.000000257. The lowest BCUT2D eigenvalue weighted by Gasteiger charge is -2.44. The molecule has 0 aliphatic heterocycles. The molecule has 2 heteroatoms. The van der Waals surface area contributed by atoms with Gasteiger partial charge in [-0.2, -0.15) is 21.9 Å². The molecule has 4 aromatic rings. The van der Waals surface area contributed by atoms with Gasteiger partial charge in [-0.15, -0.1) is 0 Å². The van der Waals surface area contributed by atoms with E-state index in [1.165, 1.54) is 54.0 Å². The molecule has 0 heterocycles. The largest absolute Gasteiger partial charge is 0.337 e. The van der Waals surface area contributed by atoms with E-state index in [2.05, 4.69) is 135 Å². The van der Waals surface area contributed by atoms with Crippen molar-refractivity contribution in [2.45, 2.75) is 38.1 Å². The maximum Gasteiger partial charge on any atom is 0.108 e. The minimum Gasteiger partial charge on any atom is -0.337 e. The van der Waals surface area contributed by atoms with Gasteiger partial charge in [-0.1, -0.05) is 128 Å². The van der Waals surface area contributed by atoms with E-state index in [0.29, 0.717) is 0 Å². The van der Waals surface area contributed by atoms with Gasteiger partial charge in [-0.25, -0.2) is 0 Å². The second-order valence-electron chi connectivity index (χ2n) is 9.92. The fraction of sp³-hybridized carbons (Fsp3) is 0.250. The first-order valence-electron chi connectivity index (χ1n) is 12.9. The van der Waals surface area contributed by atoms with Gasteiger partial charge < -0.3 is 4.90 Å². The van der Waals surface area contributed by atoms with Gasteiger partial charge in [0.25, 0.3) is 0 Å². The van der Waals surface area contributed by atoms with Gasteiger partial charge in [0.05, 0.1) is 20.1 Å². The molecular weight excluding hydrogens is 409 g/mol. The van der Waals surface area contributed by atoms with Crippen LogP contribution in [0.3, 0.4) is 0 Å². The highest BCUT2D eigenvalue weighted by atomic mass is 15.1. The van der Waals surface area contributed by atoms with Crippen LogP contribution in [0.15, 0.2) is 121 Å². The summed E-state index contributed by atoms with van der Waals surface area (Å²) in [6.45, 7) is 0. The number of rotatable bonds is 5. The monoisotopic (exact) mass is 447 g/mol. The Morgan fingerprint density at radius 1 is 0.471 bits per heavy atom. The molecule has 0 atom stereocenters. The van der Waals surface area contributed by atoms with Crippen molar-refractivity contribution in [3.8, 4) is 0 Å². The third-order valence-corrected chi connectivity index (χ3v) is 7.62. The quantitative estimate of drug-likeness (QED) is 0.447. The number of hydrogen-bond donors (Lipinski definition) is 1. The maximum absolute atomic E-state index is 2.27. The summed E-state index contributed by atoms with van der Waals surface area (Å²) in [5.41, 5.74) is 5.36. The van der Waals surface area contributed by atoms with Gasteiger partial charge in [0.15, 0.2) is 0 Å². The Morgan fingerprint density at radius 2 is 0.765 bits per heavy atom. The lowest BCUT2D eigenvalue weighted by Crippen LogP contribution is -3.10. The molecule has 1 N–H and O–H groups in total. The summed E-state index contributed by atoms with van der Waals surface area (Å²) in [7, 11) is 4.55. The molecule has 0 unspecified atom stereocenters. The molecule has 0 spiro atoms. The number of nitrogens with one attached hydrogen (secondary N) is 1. The molecule has 1 saturated carbocycles. The second kappa shape index (κ2) is 11.9. The summed E-state index contributed by atoms with van der Waals surface area (Å²) in [4.78, 5) is 1.65. The lowest BCUT2D eigenvalue weighted by atomic mass is 9.13. The van der Waals surface area contributed by atoms with Crippen molar-refractivity contribution in [1.82, 2.24) is 0 Å². The predicted octanol–water partition coefficient (Wildman–Crippen LogP) is 3.53. The minimum atomic E-state index is -1.22. The normalized spacial score (nSPS) is 14.3. The molecule has 0 amide bonds. The zero-order valence-electron chi connectivity index (χ0n) is 20.7. The van der Waals surface area contributed by atoms with Crippen molar-refractivity contribution in [3.05, 3.63) is 121 Å². The Kier molecular flexibility index (Phi) is 8.38. The van der Waals surface area contributed by atoms with Crippen molar-refractivity contribution in [1.29, 1.82) is 0 Å². The SMILES string of the molecule is C[NH+](C)C1CCCCC1.c1ccc([B-](c2ccccc2)(c2ccccc2)c2ccccc2)cc1. The maximum atomic E-state index is 2.27. The Hall–Kier alpha value is -3.10. The number of benzene rings is 4. The molecule has 1 aliphatic rings. The van der Waals surface area contributed by atoms with Crippen LogP contribution in [0.2, 0.25) is 0 Å². The molecule has 1 aliphatic carbocycles. The van der Waals surface area contributed by atoms with E-state index in [1.54, 1.807) is 4.90 Å². The zero-order valence-corrected chi connectivity index (χ0v) is 20.7. The highest BCUT2D eigenvalue weighted by Gasteiger charge is 2.31. The van der Waals surface area contributed by atoms with Crippen LogP contribution in [-0.2, 0) is 0 Å². The third kappa shape index (κ3) is 5.34. The molecule has 0 radical (unpaired) electrons. The summed E-state index contributed by atoms with van der Waals surface area (Å²) in [6.07, 6.45) is 6.12. The molecule has 0 saturated heterocycles. The summed E-state index contributed by atoms with van der Waals surface area (Å²) < 4.78 is 0. The molecule has 4 aromatic carbocycles. The zero-order chi connectivity index (χ0) is 23.6. The summed E-state index contributed by atoms with van der Waals surface area (Å²) in [5, 5.41) is 0. The number of hydrogen-bond acceptors (Lipinski definition) is 0. The average molecular weight is 447 g/mol. The Bertz CT molecular complexity index is 925. The van der Waals surface area contributed by atoms with Crippen LogP contribution in [0.25, 0.3) is 0 Å². The van der Waals surface area contributed by atoms with E-state index in [4.69, 9.17) is 0 Å². The highest BCUT2D eigenvalue weighted by Crippen LogP contribution is 2.14. The van der Waals surface area contributed by atoms with E-state index in [-0.39, 0.29) is 0 Å². The first-order valence-corrected chi connectivity index (χ1v) is 12.9. The van der Waals surface area contributed by atoms with E-state index >= 15 is 0 Å². The fourth-order valence-electron chi connectivity index (χ4n) is 5.80. The van der Waals surface area contributed by atoms with Gasteiger partial charge >= 0.3 is 0 Å². The Morgan fingerprint density at radius 3 is 1.00 bits per heavy atom. The Labute approximate surface area is 206 Å². The van der Waals surface area contributed by atoms with Gasteiger partial charge in [0.2, 0.25) is 0 Å². The summed E-state index contributed by atoms with van der Waals surface area (Å²) in [5.74, 6) is 0. The average Bonchev–Trinajstić information content (AvgIpc) is 2.93. The predicted molar refractivity (Wildman–Crippen MR) is 150 cm³/mol. The molecule has 174 valence electrons. The second-order valence-corrected chi connectivity index (χ2v) is 9.92. The molecule has 1 fully saturated rings.